The van der Waals surface area contributed by atoms with Crippen LogP contribution in [0.2, 0.25) is 0 Å². The number of carbonyl (C=O) groups excluding carboxylic acids is 3. The van der Waals surface area contributed by atoms with Gasteiger partial charge in [0, 0.05) is 27.1 Å². The van der Waals surface area contributed by atoms with Gasteiger partial charge in [-0.1, -0.05) is 91.0 Å². The van der Waals surface area contributed by atoms with E-state index in [1.54, 1.807) is 11.9 Å². The molecule has 3 aromatic rings. The summed E-state index contributed by atoms with van der Waals surface area (Å²) >= 11 is 0. The van der Waals surface area contributed by atoms with Crippen molar-refractivity contribution in [3.63, 3.8) is 0 Å². The summed E-state index contributed by atoms with van der Waals surface area (Å²) in [6, 6.07) is 27.7. The van der Waals surface area contributed by atoms with Crippen LogP contribution in [0.1, 0.15) is 16.7 Å². The molecule has 35 heavy (non-hydrogen) atoms. The Balaban J connectivity index is 1.60. The molecule has 1 N–H and O–H groups in total. The highest BCUT2D eigenvalue weighted by Gasteiger charge is 2.25. The number of carbonyl (C=O) groups is 3. The summed E-state index contributed by atoms with van der Waals surface area (Å²) < 4.78 is 5.28. The van der Waals surface area contributed by atoms with Gasteiger partial charge in [0.25, 0.3) is 0 Å². The number of nitrogens with zero attached hydrogens (tertiary/aromatic N) is 2. The maximum atomic E-state index is 13.3. The zero-order valence-electron chi connectivity index (χ0n) is 20.1. The molecule has 0 aliphatic rings. The molecule has 0 heterocycles. The summed E-state index contributed by atoms with van der Waals surface area (Å²) in [6.45, 7) is 0.312. The van der Waals surface area contributed by atoms with Gasteiger partial charge in [0.05, 0.1) is 0 Å². The zero-order valence-corrected chi connectivity index (χ0v) is 20.1. The first kappa shape index (κ1) is 25.5. The monoisotopic (exact) mass is 473 g/mol. The minimum atomic E-state index is -0.771. The molecule has 3 aromatic carbocycles. The normalized spacial score (nSPS) is 11.3. The van der Waals surface area contributed by atoms with Gasteiger partial charge in [-0.15, -0.1) is 0 Å². The van der Waals surface area contributed by atoms with E-state index in [1.165, 1.54) is 11.9 Å². The first-order chi connectivity index (χ1) is 16.9. The summed E-state index contributed by atoms with van der Waals surface area (Å²) in [5, 5.41) is 2.81. The third kappa shape index (κ3) is 8.30. The van der Waals surface area contributed by atoms with Crippen molar-refractivity contribution < 1.29 is 19.1 Å². The van der Waals surface area contributed by atoms with Gasteiger partial charge in [-0.3, -0.25) is 9.59 Å². The Kier molecular flexibility index (Phi) is 9.42. The Morgan fingerprint density at radius 1 is 0.743 bits per heavy atom. The molecule has 0 unspecified atom stereocenters. The molecule has 7 heteroatoms. The lowest BCUT2D eigenvalue weighted by Crippen LogP contribution is -2.51. The summed E-state index contributed by atoms with van der Waals surface area (Å²) in [5.41, 5.74) is 2.78. The van der Waals surface area contributed by atoms with Crippen LogP contribution >= 0.6 is 0 Å². The number of ether oxygens (including phenoxy) is 1. The Morgan fingerprint density at radius 3 is 1.83 bits per heavy atom. The van der Waals surface area contributed by atoms with Crippen LogP contribution in [-0.2, 0) is 33.9 Å². The van der Waals surface area contributed by atoms with Crippen LogP contribution in [0, 0.1) is 0 Å². The molecule has 1 atom stereocenters. The van der Waals surface area contributed by atoms with Gasteiger partial charge in [-0.25, -0.2) is 4.79 Å². The molecule has 7 nitrogen and oxygen atoms in total. The number of rotatable bonds is 10. The van der Waals surface area contributed by atoms with Crippen molar-refractivity contribution in [1.82, 2.24) is 15.1 Å². The molecule has 182 valence electrons. The first-order valence-electron chi connectivity index (χ1n) is 11.5. The Hall–Kier alpha value is -4.13. The van der Waals surface area contributed by atoms with Gasteiger partial charge in [0.15, 0.2) is 0 Å². The van der Waals surface area contributed by atoms with Crippen molar-refractivity contribution in [3.05, 3.63) is 108 Å². The number of nitrogens with one attached hydrogen (secondary N) is 1. The number of hydrogen-bond acceptors (Lipinski definition) is 4. The van der Waals surface area contributed by atoms with Gasteiger partial charge < -0.3 is 19.9 Å². The molecule has 3 rings (SSSR count). The summed E-state index contributed by atoms with van der Waals surface area (Å²) in [6.07, 6.45) is -0.275. The van der Waals surface area contributed by atoms with Gasteiger partial charge in [0.2, 0.25) is 11.8 Å². The van der Waals surface area contributed by atoms with Gasteiger partial charge in [0.1, 0.15) is 19.2 Å². The first-order valence-corrected chi connectivity index (χ1v) is 11.5. The molecule has 0 radical (unpaired) electrons. The Labute approximate surface area is 206 Å². The predicted octanol–water partition coefficient (Wildman–Crippen LogP) is 3.64. The maximum absolute atomic E-state index is 13.3. The molecule has 0 saturated heterocycles. The molecule has 0 spiro atoms. The van der Waals surface area contributed by atoms with Crippen molar-refractivity contribution in [2.24, 2.45) is 0 Å². The highest BCUT2D eigenvalue weighted by atomic mass is 16.6. The molecule has 3 amide bonds. The molecule has 0 saturated carbocycles. The highest BCUT2D eigenvalue weighted by molar-refractivity contribution is 5.89. The number of benzene rings is 3. The smallest absolute Gasteiger partial charge is 0.410 e. The third-order valence-electron chi connectivity index (χ3n) is 5.45. The summed E-state index contributed by atoms with van der Waals surface area (Å²) in [7, 11) is 3.20. The van der Waals surface area contributed by atoms with Crippen LogP contribution in [0.25, 0.3) is 0 Å². The van der Waals surface area contributed by atoms with E-state index < -0.39 is 18.0 Å². The van der Waals surface area contributed by atoms with E-state index >= 15 is 0 Å². The van der Waals surface area contributed by atoms with Crippen LogP contribution in [-0.4, -0.2) is 54.4 Å². The fourth-order valence-electron chi connectivity index (χ4n) is 3.60. The molecule has 0 bridgehead atoms. The summed E-state index contributed by atoms with van der Waals surface area (Å²) in [4.78, 5) is 41.2. The van der Waals surface area contributed by atoms with E-state index in [9.17, 15) is 14.4 Å². The molecule has 0 aliphatic heterocycles. The molecule has 0 aliphatic carbocycles. The van der Waals surface area contributed by atoms with E-state index in [1.807, 2.05) is 91.0 Å². The van der Waals surface area contributed by atoms with Gasteiger partial charge >= 0.3 is 6.09 Å². The average molecular weight is 474 g/mol. The third-order valence-corrected chi connectivity index (χ3v) is 5.45. The van der Waals surface area contributed by atoms with Crippen molar-refractivity contribution in [2.75, 3.05) is 20.6 Å². The fourth-order valence-corrected chi connectivity index (χ4v) is 3.60. The van der Waals surface area contributed by atoms with E-state index in [-0.39, 0.29) is 19.1 Å². The Morgan fingerprint density at radius 2 is 1.26 bits per heavy atom. The van der Waals surface area contributed by atoms with Crippen molar-refractivity contribution in [3.8, 4) is 0 Å². The maximum Gasteiger partial charge on any atom is 0.410 e. The SMILES string of the molecule is CN(CC(=O)N[C@@H](Cc1ccccc1)C(=O)N(C)Cc1ccccc1)C(=O)OCc1ccccc1. The minimum Gasteiger partial charge on any atom is -0.445 e. The molecular weight excluding hydrogens is 442 g/mol. The fraction of sp³-hybridized carbons (Fsp3) is 0.250. The average Bonchev–Trinajstić information content (AvgIpc) is 2.88. The second-order valence-corrected chi connectivity index (χ2v) is 8.39. The lowest BCUT2D eigenvalue weighted by Gasteiger charge is -2.26. The number of likely N-dealkylation sites (N-methyl/N-ethyl adjacent to an activating group) is 2. The zero-order chi connectivity index (χ0) is 25.0. The summed E-state index contributed by atoms with van der Waals surface area (Å²) in [5.74, 6) is -0.646. The highest BCUT2D eigenvalue weighted by Crippen LogP contribution is 2.09. The molecule has 0 aromatic heterocycles. The van der Waals surface area contributed by atoms with Crippen molar-refractivity contribution in [1.29, 1.82) is 0 Å². The van der Waals surface area contributed by atoms with E-state index in [0.29, 0.717) is 13.0 Å². The van der Waals surface area contributed by atoms with Crippen LogP contribution in [0.5, 0.6) is 0 Å². The number of hydrogen-bond donors (Lipinski definition) is 1. The molecule has 0 fully saturated rings. The van der Waals surface area contributed by atoms with Gasteiger partial charge in [-0.2, -0.15) is 0 Å². The largest absolute Gasteiger partial charge is 0.445 e. The Bertz CT molecular complexity index is 1090. The lowest BCUT2D eigenvalue weighted by molar-refractivity contribution is -0.136. The van der Waals surface area contributed by atoms with Crippen LogP contribution in [0.15, 0.2) is 91.0 Å². The van der Waals surface area contributed by atoms with Crippen LogP contribution in [0.4, 0.5) is 4.79 Å². The lowest BCUT2D eigenvalue weighted by atomic mass is 10.0. The molecular formula is C28H31N3O4. The van der Waals surface area contributed by atoms with E-state index in [2.05, 4.69) is 5.32 Å². The second-order valence-electron chi connectivity index (χ2n) is 8.39. The number of amides is 3. The van der Waals surface area contributed by atoms with Crippen molar-refractivity contribution in [2.45, 2.75) is 25.6 Å². The second kappa shape index (κ2) is 12.9. The van der Waals surface area contributed by atoms with E-state index in [4.69, 9.17) is 4.74 Å². The quantitative estimate of drug-likeness (QED) is 0.488. The standard InChI is InChI=1S/C28H31N3O4/c1-30(19-23-14-8-4-9-15-23)27(33)25(18-22-12-6-3-7-13-22)29-26(32)20-31(2)28(34)35-21-24-16-10-5-11-17-24/h3-17,25H,18-21H2,1-2H3,(H,29,32)/t25-/m0/s1. The predicted molar refractivity (Wildman–Crippen MR) is 134 cm³/mol. The van der Waals surface area contributed by atoms with Gasteiger partial charge in [-0.05, 0) is 16.7 Å². The van der Waals surface area contributed by atoms with E-state index in [0.717, 1.165) is 16.7 Å². The van der Waals surface area contributed by atoms with Crippen LogP contribution < -0.4 is 5.32 Å². The topological polar surface area (TPSA) is 79.0 Å². The minimum absolute atomic E-state index is 0.116. The van der Waals surface area contributed by atoms with Crippen molar-refractivity contribution >= 4 is 17.9 Å². The van der Waals surface area contributed by atoms with Crippen LogP contribution in [0.3, 0.4) is 0 Å².